The summed E-state index contributed by atoms with van der Waals surface area (Å²) in [6.45, 7) is 0.649. The lowest BCUT2D eigenvalue weighted by molar-refractivity contribution is -0.116. The molecule has 2 rings (SSSR count). The van der Waals surface area contributed by atoms with Crippen LogP contribution in [-0.2, 0) is 4.79 Å². The number of carbonyl (C=O) groups is 1. The number of aromatic amines is 1. The average Bonchev–Trinajstić information content (AvgIpc) is 2.90. The Hall–Kier alpha value is -2.28. The van der Waals surface area contributed by atoms with Gasteiger partial charge >= 0.3 is 0 Å². The number of hydrogen-bond acceptors (Lipinski definition) is 5. The molecule has 0 bridgehead atoms. The lowest BCUT2D eigenvalue weighted by Gasteiger charge is -2.05. The Morgan fingerprint density at radius 2 is 2.33 bits per heavy atom. The van der Waals surface area contributed by atoms with Crippen molar-refractivity contribution in [3.63, 3.8) is 0 Å². The Morgan fingerprint density at radius 3 is 3.06 bits per heavy atom. The number of hydrogen-bond donors (Lipinski definition) is 3. The van der Waals surface area contributed by atoms with Gasteiger partial charge in [0.25, 0.3) is 0 Å². The van der Waals surface area contributed by atoms with E-state index in [2.05, 4.69) is 31.3 Å². The number of nitrogens with zero attached hydrogens (tertiary/aromatic N) is 3. The van der Waals surface area contributed by atoms with Crippen LogP contribution >= 0.6 is 0 Å². The van der Waals surface area contributed by atoms with Crippen molar-refractivity contribution in [2.75, 3.05) is 18.9 Å². The van der Waals surface area contributed by atoms with Crippen molar-refractivity contribution in [2.24, 2.45) is 0 Å². The third-order valence-corrected chi connectivity index (χ3v) is 2.35. The predicted octanol–water partition coefficient (Wildman–Crippen LogP) is 0.415. The Kier molecular flexibility index (Phi) is 3.98. The molecule has 0 aliphatic heterocycles. The number of anilines is 1. The Morgan fingerprint density at radius 1 is 1.44 bits per heavy atom. The number of benzene rings is 1. The molecule has 18 heavy (non-hydrogen) atoms. The van der Waals surface area contributed by atoms with Crippen LogP contribution in [0, 0.1) is 0 Å². The van der Waals surface area contributed by atoms with Gasteiger partial charge in [0.1, 0.15) is 0 Å². The smallest absolute Gasteiger partial charge is 0.225 e. The van der Waals surface area contributed by atoms with Gasteiger partial charge in [-0.15, -0.1) is 10.2 Å². The molecule has 0 aliphatic rings. The lowest BCUT2D eigenvalue weighted by Crippen LogP contribution is -2.18. The SMILES string of the molecule is CNCCC(=O)Nc1cccc(-c2nn[nH]n2)c1. The lowest BCUT2D eigenvalue weighted by atomic mass is 10.2. The average molecular weight is 246 g/mol. The second kappa shape index (κ2) is 5.87. The molecule has 0 atom stereocenters. The first-order valence-corrected chi connectivity index (χ1v) is 5.58. The summed E-state index contributed by atoms with van der Waals surface area (Å²) in [5, 5.41) is 19.4. The van der Waals surface area contributed by atoms with E-state index in [-0.39, 0.29) is 5.91 Å². The minimum absolute atomic E-state index is 0.0328. The van der Waals surface area contributed by atoms with Gasteiger partial charge in [-0.05, 0) is 24.4 Å². The zero-order chi connectivity index (χ0) is 12.8. The molecule has 0 fully saturated rings. The molecule has 3 N–H and O–H groups in total. The number of aromatic nitrogens is 4. The number of tetrazole rings is 1. The highest BCUT2D eigenvalue weighted by molar-refractivity contribution is 5.91. The quantitative estimate of drug-likeness (QED) is 0.710. The van der Waals surface area contributed by atoms with Crippen LogP contribution in [0.2, 0.25) is 0 Å². The first-order chi connectivity index (χ1) is 8.79. The van der Waals surface area contributed by atoms with Gasteiger partial charge in [0.2, 0.25) is 11.7 Å². The highest BCUT2D eigenvalue weighted by Crippen LogP contribution is 2.18. The van der Waals surface area contributed by atoms with Gasteiger partial charge in [-0.1, -0.05) is 12.1 Å². The fraction of sp³-hybridized carbons (Fsp3) is 0.273. The Labute approximate surface area is 104 Å². The van der Waals surface area contributed by atoms with Crippen molar-refractivity contribution < 1.29 is 4.79 Å². The molecule has 0 radical (unpaired) electrons. The molecule has 0 saturated carbocycles. The maximum absolute atomic E-state index is 11.6. The van der Waals surface area contributed by atoms with Crippen LogP contribution in [0.1, 0.15) is 6.42 Å². The van der Waals surface area contributed by atoms with Crippen molar-refractivity contribution in [1.29, 1.82) is 0 Å². The summed E-state index contributed by atoms with van der Waals surface area (Å²) in [6.07, 6.45) is 0.433. The normalized spacial score (nSPS) is 10.3. The van der Waals surface area contributed by atoms with E-state index in [4.69, 9.17) is 0 Å². The van der Waals surface area contributed by atoms with Gasteiger partial charge in [0.15, 0.2) is 0 Å². The standard InChI is InChI=1S/C11H14N6O/c1-12-6-5-10(18)13-9-4-2-3-8(7-9)11-14-16-17-15-11/h2-4,7,12H,5-6H2,1H3,(H,13,18)(H,14,15,16,17). The molecule has 1 aromatic carbocycles. The molecule has 2 aromatic rings. The van der Waals surface area contributed by atoms with Crippen molar-refractivity contribution >= 4 is 11.6 Å². The van der Waals surface area contributed by atoms with E-state index in [0.29, 0.717) is 18.8 Å². The summed E-state index contributed by atoms with van der Waals surface area (Å²) in [7, 11) is 1.81. The number of carbonyl (C=O) groups excluding carboxylic acids is 1. The van der Waals surface area contributed by atoms with Crippen LogP contribution in [-0.4, -0.2) is 40.1 Å². The van der Waals surface area contributed by atoms with Gasteiger partial charge in [0, 0.05) is 24.2 Å². The first-order valence-electron chi connectivity index (χ1n) is 5.58. The summed E-state index contributed by atoms with van der Waals surface area (Å²) < 4.78 is 0. The second-order valence-electron chi connectivity index (χ2n) is 3.72. The van der Waals surface area contributed by atoms with Crippen molar-refractivity contribution in [2.45, 2.75) is 6.42 Å². The molecule has 7 heteroatoms. The molecule has 1 amide bonds. The predicted molar refractivity (Wildman–Crippen MR) is 66.8 cm³/mol. The van der Waals surface area contributed by atoms with E-state index >= 15 is 0 Å². The largest absolute Gasteiger partial charge is 0.326 e. The molecule has 0 saturated heterocycles. The minimum Gasteiger partial charge on any atom is -0.326 e. The molecular weight excluding hydrogens is 232 g/mol. The maximum atomic E-state index is 11.6. The van der Waals surface area contributed by atoms with Crippen LogP contribution in [0.4, 0.5) is 5.69 Å². The monoisotopic (exact) mass is 246 g/mol. The summed E-state index contributed by atoms with van der Waals surface area (Å²) in [5.41, 5.74) is 1.52. The number of nitrogens with one attached hydrogen (secondary N) is 3. The van der Waals surface area contributed by atoms with Crippen LogP contribution in [0.15, 0.2) is 24.3 Å². The number of amides is 1. The zero-order valence-electron chi connectivity index (χ0n) is 9.97. The van der Waals surface area contributed by atoms with E-state index in [1.165, 1.54) is 0 Å². The third kappa shape index (κ3) is 3.11. The highest BCUT2D eigenvalue weighted by Gasteiger charge is 2.05. The van der Waals surface area contributed by atoms with Gasteiger partial charge in [-0.3, -0.25) is 4.79 Å². The number of rotatable bonds is 5. The molecular formula is C11H14N6O. The first kappa shape index (κ1) is 12.2. The Bertz CT molecular complexity index is 510. The minimum atomic E-state index is -0.0328. The maximum Gasteiger partial charge on any atom is 0.225 e. The second-order valence-corrected chi connectivity index (χ2v) is 3.72. The van der Waals surface area contributed by atoms with E-state index in [0.717, 1.165) is 11.3 Å². The topological polar surface area (TPSA) is 95.6 Å². The van der Waals surface area contributed by atoms with Crippen molar-refractivity contribution in [1.82, 2.24) is 25.9 Å². The molecule has 0 unspecified atom stereocenters. The van der Waals surface area contributed by atoms with Gasteiger partial charge < -0.3 is 10.6 Å². The summed E-state index contributed by atoms with van der Waals surface area (Å²) in [5.74, 6) is 0.468. The molecule has 1 heterocycles. The van der Waals surface area contributed by atoms with E-state index < -0.39 is 0 Å². The number of H-pyrrole nitrogens is 1. The molecule has 0 aliphatic carbocycles. The molecule has 0 spiro atoms. The molecule has 7 nitrogen and oxygen atoms in total. The zero-order valence-corrected chi connectivity index (χ0v) is 9.97. The highest BCUT2D eigenvalue weighted by atomic mass is 16.1. The fourth-order valence-corrected chi connectivity index (χ4v) is 1.48. The van der Waals surface area contributed by atoms with Gasteiger partial charge in [-0.2, -0.15) is 5.21 Å². The third-order valence-electron chi connectivity index (χ3n) is 2.35. The van der Waals surface area contributed by atoms with Crippen molar-refractivity contribution in [3.05, 3.63) is 24.3 Å². The van der Waals surface area contributed by atoms with E-state index in [9.17, 15) is 4.79 Å². The van der Waals surface area contributed by atoms with Crippen LogP contribution in [0.3, 0.4) is 0 Å². The van der Waals surface area contributed by atoms with Crippen molar-refractivity contribution in [3.8, 4) is 11.4 Å². The Balaban J connectivity index is 2.06. The van der Waals surface area contributed by atoms with E-state index in [1.54, 1.807) is 0 Å². The summed E-state index contributed by atoms with van der Waals surface area (Å²) in [4.78, 5) is 11.6. The summed E-state index contributed by atoms with van der Waals surface area (Å²) >= 11 is 0. The fourth-order valence-electron chi connectivity index (χ4n) is 1.48. The summed E-state index contributed by atoms with van der Waals surface area (Å²) in [6, 6.07) is 7.32. The van der Waals surface area contributed by atoms with E-state index in [1.807, 2.05) is 31.3 Å². The van der Waals surface area contributed by atoms with Crippen LogP contribution in [0.25, 0.3) is 11.4 Å². The van der Waals surface area contributed by atoms with Crippen LogP contribution < -0.4 is 10.6 Å². The van der Waals surface area contributed by atoms with Gasteiger partial charge in [0.05, 0.1) is 0 Å². The van der Waals surface area contributed by atoms with Crippen LogP contribution in [0.5, 0.6) is 0 Å². The molecule has 1 aromatic heterocycles. The van der Waals surface area contributed by atoms with Gasteiger partial charge in [-0.25, -0.2) is 0 Å². The molecule has 94 valence electrons.